The van der Waals surface area contributed by atoms with Gasteiger partial charge in [0.1, 0.15) is 5.41 Å². The van der Waals surface area contributed by atoms with Gasteiger partial charge in [0.05, 0.1) is 12.6 Å². The van der Waals surface area contributed by atoms with E-state index in [0.29, 0.717) is 12.8 Å². The van der Waals surface area contributed by atoms with Gasteiger partial charge in [-0.05, 0) is 44.7 Å². The first-order valence-electron chi connectivity index (χ1n) is 7.95. The van der Waals surface area contributed by atoms with Crippen molar-refractivity contribution in [3.8, 4) is 6.07 Å². The lowest BCUT2D eigenvalue weighted by molar-refractivity contribution is -0.129. The third-order valence-electron chi connectivity index (χ3n) is 4.46. The second-order valence-electron chi connectivity index (χ2n) is 6.41. The molecule has 0 radical (unpaired) electrons. The van der Waals surface area contributed by atoms with Gasteiger partial charge in [0.15, 0.2) is 0 Å². The minimum Gasteiger partial charge on any atom is -0.346 e. The molecule has 0 bridgehead atoms. The number of carbonyl (C=O) groups excluding carboxylic acids is 2. The molecule has 2 amide bonds. The van der Waals surface area contributed by atoms with Crippen molar-refractivity contribution in [1.82, 2.24) is 5.32 Å². The Kier molecular flexibility index (Phi) is 5.05. The number of carbonyl (C=O) groups is 2. The maximum atomic E-state index is 12.2. The molecule has 0 spiro atoms. The number of aryl methyl sites for hydroxylation is 3. The molecule has 23 heavy (non-hydrogen) atoms. The van der Waals surface area contributed by atoms with E-state index in [1.165, 1.54) is 0 Å². The zero-order valence-electron chi connectivity index (χ0n) is 14.0. The average Bonchev–Trinajstić information content (AvgIpc) is 2.98. The second-order valence-corrected chi connectivity index (χ2v) is 6.41. The van der Waals surface area contributed by atoms with E-state index in [4.69, 9.17) is 0 Å². The molecule has 2 N–H and O–H groups in total. The van der Waals surface area contributed by atoms with Crippen molar-refractivity contribution in [3.05, 3.63) is 28.8 Å². The summed E-state index contributed by atoms with van der Waals surface area (Å²) in [5.41, 5.74) is 2.96. The first kappa shape index (κ1) is 17.0. The first-order chi connectivity index (χ1) is 10.9. The first-order valence-corrected chi connectivity index (χ1v) is 7.95. The van der Waals surface area contributed by atoms with Gasteiger partial charge in [-0.3, -0.25) is 9.59 Å². The molecular formula is C18H23N3O2. The standard InChI is InChI=1S/C18H23N3O2/c1-12-8-13(2)16(14(3)9-12)21-15(22)10-20-17(23)18(11-19)6-4-5-7-18/h8-9H,4-7,10H2,1-3H3,(H,20,23)(H,21,22). The molecule has 122 valence electrons. The number of nitrogens with zero attached hydrogens (tertiary/aromatic N) is 1. The summed E-state index contributed by atoms with van der Waals surface area (Å²) in [6.07, 6.45) is 2.92. The summed E-state index contributed by atoms with van der Waals surface area (Å²) in [5, 5.41) is 14.7. The van der Waals surface area contributed by atoms with Crippen LogP contribution in [0.5, 0.6) is 0 Å². The van der Waals surface area contributed by atoms with Gasteiger partial charge in [-0.25, -0.2) is 0 Å². The molecule has 1 aromatic carbocycles. The summed E-state index contributed by atoms with van der Waals surface area (Å²) in [7, 11) is 0. The van der Waals surface area contributed by atoms with Gasteiger partial charge in [0.25, 0.3) is 0 Å². The highest BCUT2D eigenvalue weighted by Gasteiger charge is 2.41. The van der Waals surface area contributed by atoms with Gasteiger partial charge in [-0.15, -0.1) is 0 Å². The van der Waals surface area contributed by atoms with Crippen molar-refractivity contribution in [2.45, 2.75) is 46.5 Å². The van der Waals surface area contributed by atoms with E-state index in [2.05, 4.69) is 16.7 Å². The quantitative estimate of drug-likeness (QED) is 0.896. The summed E-state index contributed by atoms with van der Waals surface area (Å²) < 4.78 is 0. The van der Waals surface area contributed by atoms with E-state index in [0.717, 1.165) is 35.2 Å². The fourth-order valence-electron chi connectivity index (χ4n) is 3.26. The SMILES string of the molecule is Cc1cc(C)c(NC(=O)CNC(=O)C2(C#N)CCCC2)c(C)c1. The topological polar surface area (TPSA) is 82.0 Å². The Morgan fingerprint density at radius 3 is 2.26 bits per heavy atom. The molecule has 0 atom stereocenters. The molecule has 5 nitrogen and oxygen atoms in total. The molecule has 1 fully saturated rings. The van der Waals surface area contributed by atoms with Crippen molar-refractivity contribution in [1.29, 1.82) is 5.26 Å². The number of nitrogens with one attached hydrogen (secondary N) is 2. The Bertz CT molecular complexity index is 644. The number of hydrogen-bond acceptors (Lipinski definition) is 3. The molecular weight excluding hydrogens is 290 g/mol. The molecule has 0 aromatic heterocycles. The molecule has 0 aliphatic heterocycles. The van der Waals surface area contributed by atoms with Crippen LogP contribution >= 0.6 is 0 Å². The van der Waals surface area contributed by atoms with Gasteiger partial charge in [-0.1, -0.05) is 30.5 Å². The van der Waals surface area contributed by atoms with Crippen LogP contribution in [0.15, 0.2) is 12.1 Å². The average molecular weight is 313 g/mol. The van der Waals surface area contributed by atoms with Gasteiger partial charge < -0.3 is 10.6 Å². The Morgan fingerprint density at radius 2 is 1.74 bits per heavy atom. The minimum absolute atomic E-state index is 0.116. The van der Waals surface area contributed by atoms with Crippen LogP contribution in [0.1, 0.15) is 42.4 Å². The summed E-state index contributed by atoms with van der Waals surface area (Å²) in [6, 6.07) is 6.14. The zero-order chi connectivity index (χ0) is 17.0. The van der Waals surface area contributed by atoms with Gasteiger partial charge in [0, 0.05) is 5.69 Å². The van der Waals surface area contributed by atoms with Crippen LogP contribution in [0.25, 0.3) is 0 Å². The molecule has 2 rings (SSSR count). The number of anilines is 1. The lowest BCUT2D eigenvalue weighted by Gasteiger charge is -2.19. The van der Waals surface area contributed by atoms with Crippen LogP contribution in [-0.2, 0) is 9.59 Å². The Hall–Kier alpha value is -2.35. The number of nitriles is 1. The highest BCUT2D eigenvalue weighted by atomic mass is 16.2. The van der Waals surface area contributed by atoms with Crippen molar-refractivity contribution >= 4 is 17.5 Å². The van der Waals surface area contributed by atoms with E-state index in [1.807, 2.05) is 32.9 Å². The van der Waals surface area contributed by atoms with Crippen molar-refractivity contribution in [2.24, 2.45) is 5.41 Å². The molecule has 5 heteroatoms. The number of amides is 2. The fourth-order valence-corrected chi connectivity index (χ4v) is 3.26. The van der Waals surface area contributed by atoms with Crippen molar-refractivity contribution < 1.29 is 9.59 Å². The highest BCUT2D eigenvalue weighted by molar-refractivity contribution is 5.97. The third-order valence-corrected chi connectivity index (χ3v) is 4.46. The van der Waals surface area contributed by atoms with Gasteiger partial charge >= 0.3 is 0 Å². The zero-order valence-corrected chi connectivity index (χ0v) is 14.0. The highest BCUT2D eigenvalue weighted by Crippen LogP contribution is 2.37. The monoisotopic (exact) mass is 313 g/mol. The second kappa shape index (κ2) is 6.82. The minimum atomic E-state index is -0.948. The van der Waals surface area contributed by atoms with Crippen LogP contribution in [0.4, 0.5) is 5.69 Å². The third kappa shape index (κ3) is 3.70. The van der Waals surface area contributed by atoms with Gasteiger partial charge in [-0.2, -0.15) is 5.26 Å². The molecule has 0 saturated heterocycles. The van der Waals surface area contributed by atoms with Crippen LogP contribution in [0, 0.1) is 37.5 Å². The van der Waals surface area contributed by atoms with Crippen LogP contribution in [-0.4, -0.2) is 18.4 Å². The van der Waals surface area contributed by atoms with Gasteiger partial charge in [0.2, 0.25) is 11.8 Å². The summed E-state index contributed by atoms with van der Waals surface area (Å²) in [6.45, 7) is 5.78. The Morgan fingerprint density at radius 1 is 1.17 bits per heavy atom. The maximum absolute atomic E-state index is 12.2. The number of hydrogen-bond donors (Lipinski definition) is 2. The van der Waals surface area contributed by atoms with Crippen molar-refractivity contribution in [2.75, 3.05) is 11.9 Å². The summed E-state index contributed by atoms with van der Waals surface area (Å²) >= 11 is 0. The largest absolute Gasteiger partial charge is 0.346 e. The lowest BCUT2D eigenvalue weighted by Crippen LogP contribution is -2.42. The predicted octanol–water partition coefficient (Wildman–Crippen LogP) is 2.75. The fraction of sp³-hybridized carbons (Fsp3) is 0.500. The van der Waals surface area contributed by atoms with E-state index in [9.17, 15) is 14.9 Å². The van der Waals surface area contributed by atoms with Crippen LogP contribution < -0.4 is 10.6 Å². The molecule has 1 aliphatic rings. The lowest BCUT2D eigenvalue weighted by atomic mass is 9.87. The van der Waals surface area contributed by atoms with Crippen LogP contribution in [0.3, 0.4) is 0 Å². The molecule has 0 unspecified atom stereocenters. The molecule has 1 aromatic rings. The molecule has 1 aliphatic carbocycles. The smallest absolute Gasteiger partial charge is 0.243 e. The molecule has 1 saturated carbocycles. The van der Waals surface area contributed by atoms with E-state index in [-0.39, 0.29) is 18.4 Å². The molecule has 0 heterocycles. The Labute approximate surface area is 137 Å². The van der Waals surface area contributed by atoms with E-state index >= 15 is 0 Å². The number of rotatable bonds is 4. The predicted molar refractivity (Wildman–Crippen MR) is 88.8 cm³/mol. The summed E-state index contributed by atoms with van der Waals surface area (Å²) in [4.78, 5) is 24.3. The normalized spacial score (nSPS) is 15.7. The van der Waals surface area contributed by atoms with E-state index in [1.54, 1.807) is 0 Å². The van der Waals surface area contributed by atoms with Crippen molar-refractivity contribution in [3.63, 3.8) is 0 Å². The summed E-state index contributed by atoms with van der Waals surface area (Å²) in [5.74, 6) is -0.607. The van der Waals surface area contributed by atoms with Crippen LogP contribution in [0.2, 0.25) is 0 Å². The Balaban J connectivity index is 1.96. The van der Waals surface area contributed by atoms with E-state index < -0.39 is 5.41 Å². The maximum Gasteiger partial charge on any atom is 0.243 e. The number of benzene rings is 1.